The highest BCUT2D eigenvalue weighted by Crippen LogP contribution is 2.31. The molecule has 3 aromatic rings. The number of rotatable bonds is 3. The summed E-state index contributed by atoms with van der Waals surface area (Å²) in [5.74, 6) is -2.25. The van der Waals surface area contributed by atoms with E-state index in [4.69, 9.17) is 11.0 Å². The molecule has 27 heavy (non-hydrogen) atoms. The van der Waals surface area contributed by atoms with Gasteiger partial charge in [0.1, 0.15) is 6.07 Å². The second kappa shape index (κ2) is 6.59. The van der Waals surface area contributed by atoms with Crippen LogP contribution in [0.5, 0.6) is 0 Å². The average Bonchev–Trinajstić information content (AvgIpc) is 3.03. The Balaban J connectivity index is 1.72. The maximum absolute atomic E-state index is 13.8. The van der Waals surface area contributed by atoms with E-state index in [0.717, 1.165) is 16.7 Å². The van der Waals surface area contributed by atoms with E-state index in [1.54, 1.807) is 12.1 Å². The zero-order valence-electron chi connectivity index (χ0n) is 14.5. The highest BCUT2D eigenvalue weighted by Gasteiger charge is 2.42. The summed E-state index contributed by atoms with van der Waals surface area (Å²) >= 11 is 0. The molecule has 0 spiro atoms. The van der Waals surface area contributed by atoms with Crippen molar-refractivity contribution in [1.29, 1.82) is 5.26 Å². The van der Waals surface area contributed by atoms with Gasteiger partial charge >= 0.3 is 0 Å². The number of imidazole rings is 1. The van der Waals surface area contributed by atoms with Crippen molar-refractivity contribution in [3.63, 3.8) is 0 Å². The molecule has 1 atom stereocenters. The smallest absolute Gasteiger partial charge is 0.266 e. The van der Waals surface area contributed by atoms with Crippen molar-refractivity contribution in [2.75, 3.05) is 18.0 Å². The number of benzene rings is 1. The molecule has 8 heteroatoms. The topological polar surface area (TPSA) is 83.8 Å². The summed E-state index contributed by atoms with van der Waals surface area (Å²) in [4.78, 5) is 10.8. The standard InChI is InChI=1S/C19H18F2N6/c20-19(21)7-8-26(12-17(19)23)18-25-15-3-1-2-4-16(15)27(18)11-14-6-5-13(9-22)10-24-14/h1-6,10,17H,7-8,11-12,23H2/t17-/m1/s1. The SMILES string of the molecule is N#Cc1ccc(Cn2c(N3CCC(F)(F)[C@H](N)C3)nc3ccccc32)nc1. The van der Waals surface area contributed by atoms with Gasteiger partial charge in [-0.3, -0.25) is 4.98 Å². The monoisotopic (exact) mass is 368 g/mol. The summed E-state index contributed by atoms with van der Waals surface area (Å²) in [6, 6.07) is 11.9. The quantitative estimate of drug-likeness (QED) is 0.768. The third-order valence-electron chi connectivity index (χ3n) is 4.87. The first kappa shape index (κ1) is 17.4. The van der Waals surface area contributed by atoms with E-state index in [1.807, 2.05) is 39.8 Å². The predicted octanol–water partition coefficient (Wildman–Crippen LogP) is 2.52. The number of piperidine rings is 1. The molecule has 1 saturated heterocycles. The Bertz CT molecular complexity index is 1010. The third-order valence-corrected chi connectivity index (χ3v) is 4.87. The molecule has 0 amide bonds. The van der Waals surface area contributed by atoms with Crippen LogP contribution >= 0.6 is 0 Å². The average molecular weight is 368 g/mol. The van der Waals surface area contributed by atoms with Crippen LogP contribution in [-0.2, 0) is 6.54 Å². The molecule has 0 unspecified atom stereocenters. The molecule has 0 aliphatic carbocycles. The number of hydrogen-bond acceptors (Lipinski definition) is 5. The Morgan fingerprint density at radius 3 is 2.78 bits per heavy atom. The number of anilines is 1. The molecule has 3 heterocycles. The lowest BCUT2D eigenvalue weighted by Crippen LogP contribution is -2.55. The van der Waals surface area contributed by atoms with Crippen molar-refractivity contribution in [2.24, 2.45) is 5.73 Å². The minimum absolute atomic E-state index is 0.0388. The molecule has 1 aromatic carbocycles. The maximum atomic E-state index is 13.8. The van der Waals surface area contributed by atoms with E-state index in [-0.39, 0.29) is 19.5 Å². The van der Waals surface area contributed by atoms with Crippen LogP contribution in [-0.4, -0.2) is 39.6 Å². The van der Waals surface area contributed by atoms with Crippen LogP contribution in [0.1, 0.15) is 17.7 Å². The summed E-state index contributed by atoms with van der Waals surface area (Å²) in [6.07, 6.45) is 1.22. The first-order chi connectivity index (χ1) is 13.0. The highest BCUT2D eigenvalue weighted by molar-refractivity contribution is 5.79. The van der Waals surface area contributed by atoms with Gasteiger partial charge in [-0.25, -0.2) is 13.8 Å². The summed E-state index contributed by atoms with van der Waals surface area (Å²) in [5.41, 5.74) is 8.61. The third kappa shape index (κ3) is 3.22. The second-order valence-electron chi connectivity index (χ2n) is 6.70. The van der Waals surface area contributed by atoms with Gasteiger partial charge in [-0.2, -0.15) is 5.26 Å². The summed E-state index contributed by atoms with van der Waals surface area (Å²) < 4.78 is 29.5. The largest absolute Gasteiger partial charge is 0.340 e. The van der Waals surface area contributed by atoms with Crippen LogP contribution in [0.4, 0.5) is 14.7 Å². The van der Waals surface area contributed by atoms with Gasteiger partial charge in [-0.1, -0.05) is 12.1 Å². The Hall–Kier alpha value is -3.05. The van der Waals surface area contributed by atoms with E-state index in [0.29, 0.717) is 18.1 Å². The van der Waals surface area contributed by atoms with E-state index >= 15 is 0 Å². The summed E-state index contributed by atoms with van der Waals surface area (Å²) in [5, 5.41) is 8.92. The molecule has 0 radical (unpaired) electrons. The fourth-order valence-corrected chi connectivity index (χ4v) is 3.32. The molecule has 4 rings (SSSR count). The molecular formula is C19H18F2N6. The van der Waals surface area contributed by atoms with E-state index in [2.05, 4.69) is 9.97 Å². The number of nitriles is 1. The minimum atomic E-state index is -2.86. The Labute approximate surface area is 154 Å². The summed E-state index contributed by atoms with van der Waals surface area (Å²) in [7, 11) is 0. The molecular weight excluding hydrogens is 350 g/mol. The number of aromatic nitrogens is 3. The Morgan fingerprint density at radius 2 is 2.07 bits per heavy atom. The van der Waals surface area contributed by atoms with Gasteiger partial charge < -0.3 is 15.2 Å². The van der Waals surface area contributed by atoms with Gasteiger partial charge in [-0.05, 0) is 24.3 Å². The van der Waals surface area contributed by atoms with Crippen LogP contribution in [0, 0.1) is 11.3 Å². The van der Waals surface area contributed by atoms with Crippen LogP contribution in [0.3, 0.4) is 0 Å². The van der Waals surface area contributed by atoms with Crippen LogP contribution in [0.2, 0.25) is 0 Å². The number of hydrogen-bond donors (Lipinski definition) is 1. The maximum Gasteiger partial charge on any atom is 0.266 e. The van der Waals surface area contributed by atoms with Crippen LogP contribution < -0.4 is 10.6 Å². The minimum Gasteiger partial charge on any atom is -0.340 e. The van der Waals surface area contributed by atoms with Crippen molar-refractivity contribution < 1.29 is 8.78 Å². The number of para-hydroxylation sites is 2. The summed E-state index contributed by atoms with van der Waals surface area (Å²) in [6.45, 7) is 0.644. The van der Waals surface area contributed by atoms with E-state index < -0.39 is 12.0 Å². The molecule has 1 aliphatic heterocycles. The van der Waals surface area contributed by atoms with Crippen molar-refractivity contribution >= 4 is 17.0 Å². The predicted molar refractivity (Wildman–Crippen MR) is 97.5 cm³/mol. The lowest BCUT2D eigenvalue weighted by Gasteiger charge is -2.37. The zero-order chi connectivity index (χ0) is 19.0. The number of alkyl halides is 2. The van der Waals surface area contributed by atoms with Crippen molar-refractivity contribution in [3.05, 3.63) is 53.9 Å². The molecule has 1 aliphatic rings. The van der Waals surface area contributed by atoms with E-state index in [1.165, 1.54) is 6.20 Å². The van der Waals surface area contributed by atoms with Crippen molar-refractivity contribution in [2.45, 2.75) is 24.9 Å². The first-order valence-corrected chi connectivity index (χ1v) is 8.66. The lowest BCUT2D eigenvalue weighted by molar-refractivity contribution is -0.0395. The number of halogens is 2. The van der Waals surface area contributed by atoms with Crippen LogP contribution in [0.25, 0.3) is 11.0 Å². The normalized spacial score (nSPS) is 19.2. The molecule has 2 N–H and O–H groups in total. The van der Waals surface area contributed by atoms with Gasteiger partial charge in [-0.15, -0.1) is 0 Å². The number of pyridine rings is 1. The van der Waals surface area contributed by atoms with Crippen molar-refractivity contribution in [1.82, 2.24) is 14.5 Å². The van der Waals surface area contributed by atoms with Gasteiger partial charge in [0, 0.05) is 25.7 Å². The number of nitrogens with zero attached hydrogens (tertiary/aromatic N) is 5. The lowest BCUT2D eigenvalue weighted by atomic mass is 10.0. The fraction of sp³-hybridized carbons (Fsp3) is 0.316. The Kier molecular flexibility index (Phi) is 4.24. The highest BCUT2D eigenvalue weighted by atomic mass is 19.3. The van der Waals surface area contributed by atoms with Gasteiger partial charge in [0.15, 0.2) is 0 Å². The molecule has 138 valence electrons. The number of nitrogens with two attached hydrogens (primary N) is 1. The molecule has 0 saturated carbocycles. The molecule has 1 fully saturated rings. The van der Waals surface area contributed by atoms with Gasteiger partial charge in [0.25, 0.3) is 5.92 Å². The zero-order valence-corrected chi connectivity index (χ0v) is 14.5. The molecule has 6 nitrogen and oxygen atoms in total. The van der Waals surface area contributed by atoms with Crippen molar-refractivity contribution in [3.8, 4) is 6.07 Å². The van der Waals surface area contributed by atoms with Gasteiger partial charge in [0.05, 0.1) is 34.9 Å². The Morgan fingerprint density at radius 1 is 1.26 bits per heavy atom. The first-order valence-electron chi connectivity index (χ1n) is 8.66. The number of fused-ring (bicyclic) bond motifs is 1. The molecule has 2 aromatic heterocycles. The fourth-order valence-electron chi connectivity index (χ4n) is 3.32. The van der Waals surface area contributed by atoms with Crippen LogP contribution in [0.15, 0.2) is 42.6 Å². The second-order valence-corrected chi connectivity index (χ2v) is 6.70. The van der Waals surface area contributed by atoms with Gasteiger partial charge in [0.2, 0.25) is 5.95 Å². The van der Waals surface area contributed by atoms with E-state index in [9.17, 15) is 8.78 Å². The molecule has 0 bridgehead atoms.